The van der Waals surface area contributed by atoms with Crippen LogP contribution in [0.5, 0.6) is 0 Å². The fraction of sp³-hybridized carbons (Fsp3) is 0.450. The lowest BCUT2D eigenvalue weighted by atomic mass is 9.80. The molecule has 1 nitrogen and oxygen atoms in total. The Morgan fingerprint density at radius 2 is 1.17 bits per heavy atom. The van der Waals surface area contributed by atoms with E-state index in [1.165, 1.54) is 39.0 Å². The largest absolute Gasteiger partial charge is 0.390 e. The van der Waals surface area contributed by atoms with E-state index in [9.17, 15) is 5.11 Å². The maximum atomic E-state index is 10.8. The Kier molecular flexibility index (Phi) is 17.0. The van der Waals surface area contributed by atoms with E-state index in [2.05, 4.69) is 147 Å². The molecule has 1 rings (SSSR count). The van der Waals surface area contributed by atoms with Crippen LogP contribution >= 0.6 is 0 Å². The highest BCUT2D eigenvalue weighted by atomic mass is 16.3. The fourth-order valence-corrected chi connectivity index (χ4v) is 5.17. The van der Waals surface area contributed by atoms with Crippen LogP contribution in [-0.2, 0) is 0 Å². The molecule has 1 heteroatoms. The van der Waals surface area contributed by atoms with Crippen LogP contribution in [0, 0.1) is 11.8 Å². The molecule has 0 aromatic rings. The fourth-order valence-electron chi connectivity index (χ4n) is 5.17. The van der Waals surface area contributed by atoms with Crippen molar-refractivity contribution in [3.05, 3.63) is 131 Å². The molecule has 0 aromatic carbocycles. The zero-order valence-corrected chi connectivity index (χ0v) is 27.6. The zero-order valence-electron chi connectivity index (χ0n) is 27.6. The maximum Gasteiger partial charge on any atom is 0.0653 e. The van der Waals surface area contributed by atoms with Crippen molar-refractivity contribution in [3.8, 4) is 0 Å². The molecule has 1 N–H and O–H groups in total. The Morgan fingerprint density at radius 3 is 1.66 bits per heavy atom. The van der Waals surface area contributed by atoms with Crippen LogP contribution in [0.25, 0.3) is 0 Å². The molecule has 0 bridgehead atoms. The summed E-state index contributed by atoms with van der Waals surface area (Å²) in [6.45, 7) is 23.3. The molecule has 0 amide bonds. The van der Waals surface area contributed by atoms with Crippen molar-refractivity contribution in [2.75, 3.05) is 0 Å². The number of rotatable bonds is 15. The number of hydrogen-bond donors (Lipinski definition) is 1. The molecular formula is C40H58O. The highest BCUT2D eigenvalue weighted by molar-refractivity contribution is 5.31. The summed E-state index contributed by atoms with van der Waals surface area (Å²) in [6, 6.07) is 0. The van der Waals surface area contributed by atoms with Gasteiger partial charge >= 0.3 is 0 Å². The average Bonchev–Trinajstić information content (AvgIpc) is 3.19. The summed E-state index contributed by atoms with van der Waals surface area (Å²) in [5.74, 6) is 0.752. The highest BCUT2D eigenvalue weighted by Gasteiger charge is 2.43. The second kappa shape index (κ2) is 19.3. The summed E-state index contributed by atoms with van der Waals surface area (Å²) in [5, 5.41) is 10.8. The minimum absolute atomic E-state index is 0.307. The van der Waals surface area contributed by atoms with Crippen LogP contribution in [0.15, 0.2) is 131 Å². The summed E-state index contributed by atoms with van der Waals surface area (Å²) in [4.78, 5) is 0. The molecule has 0 unspecified atom stereocenters. The first kappa shape index (κ1) is 36.1. The van der Waals surface area contributed by atoms with E-state index >= 15 is 0 Å². The third kappa shape index (κ3) is 16.2. The molecule has 0 heterocycles. The second-order valence-electron chi connectivity index (χ2n) is 12.5. The van der Waals surface area contributed by atoms with Crippen LogP contribution in [0.3, 0.4) is 0 Å². The summed E-state index contributed by atoms with van der Waals surface area (Å²) >= 11 is 0. The van der Waals surface area contributed by atoms with Gasteiger partial charge in [-0.2, -0.15) is 0 Å². The van der Waals surface area contributed by atoms with E-state index < -0.39 is 5.60 Å². The van der Waals surface area contributed by atoms with Crippen LogP contribution < -0.4 is 0 Å². The molecule has 1 fully saturated rings. The molecule has 0 spiro atoms. The molecule has 0 aromatic heterocycles. The van der Waals surface area contributed by atoms with Crippen LogP contribution in [-0.4, -0.2) is 10.7 Å². The third-order valence-corrected chi connectivity index (χ3v) is 7.85. The minimum Gasteiger partial charge on any atom is -0.390 e. The van der Waals surface area contributed by atoms with Gasteiger partial charge in [-0.15, -0.1) is 0 Å². The maximum absolute atomic E-state index is 10.8. The van der Waals surface area contributed by atoms with Gasteiger partial charge in [-0.25, -0.2) is 0 Å². The lowest BCUT2D eigenvalue weighted by Crippen LogP contribution is -2.32. The molecule has 41 heavy (non-hydrogen) atoms. The number of hydrogen-bond acceptors (Lipinski definition) is 1. The average molecular weight is 555 g/mol. The zero-order chi connectivity index (χ0) is 30.8. The first-order valence-electron chi connectivity index (χ1n) is 15.4. The number of aliphatic hydroxyl groups is 1. The van der Waals surface area contributed by atoms with Gasteiger partial charge in [-0.05, 0) is 113 Å². The van der Waals surface area contributed by atoms with Crippen molar-refractivity contribution in [1.29, 1.82) is 0 Å². The Morgan fingerprint density at radius 1 is 0.707 bits per heavy atom. The van der Waals surface area contributed by atoms with Gasteiger partial charge in [0.15, 0.2) is 0 Å². The summed E-state index contributed by atoms with van der Waals surface area (Å²) < 4.78 is 0. The monoisotopic (exact) mass is 554 g/mol. The normalized spacial score (nSPS) is 23.6. The first-order valence-corrected chi connectivity index (χ1v) is 15.4. The highest BCUT2D eigenvalue weighted by Crippen LogP contribution is 2.45. The van der Waals surface area contributed by atoms with E-state index in [0.29, 0.717) is 11.8 Å². The second-order valence-corrected chi connectivity index (χ2v) is 12.5. The smallest absolute Gasteiger partial charge is 0.0653 e. The number of allylic oxidation sites excluding steroid dienone is 21. The van der Waals surface area contributed by atoms with Crippen molar-refractivity contribution < 1.29 is 5.11 Å². The topological polar surface area (TPSA) is 20.2 Å². The quantitative estimate of drug-likeness (QED) is 0.158. The van der Waals surface area contributed by atoms with Crippen molar-refractivity contribution >= 4 is 0 Å². The predicted molar refractivity (Wildman–Crippen MR) is 185 cm³/mol. The summed E-state index contributed by atoms with van der Waals surface area (Å²) in [5.41, 5.74) is 8.43. The molecule has 1 saturated carbocycles. The van der Waals surface area contributed by atoms with Crippen LogP contribution in [0.1, 0.15) is 101 Å². The molecule has 224 valence electrons. The van der Waals surface area contributed by atoms with Gasteiger partial charge in [0.25, 0.3) is 0 Å². The van der Waals surface area contributed by atoms with Crippen LogP contribution in [0.2, 0.25) is 0 Å². The molecule has 0 saturated heterocycles. The lowest BCUT2D eigenvalue weighted by Gasteiger charge is -2.30. The van der Waals surface area contributed by atoms with Gasteiger partial charge in [-0.1, -0.05) is 131 Å². The minimum atomic E-state index is -0.567. The van der Waals surface area contributed by atoms with E-state index in [0.717, 1.165) is 38.5 Å². The van der Waals surface area contributed by atoms with E-state index in [1.807, 2.05) is 6.92 Å². The van der Waals surface area contributed by atoms with Crippen molar-refractivity contribution in [2.45, 2.75) is 106 Å². The van der Waals surface area contributed by atoms with Crippen LogP contribution in [0.4, 0.5) is 0 Å². The molecule has 3 atom stereocenters. The van der Waals surface area contributed by atoms with E-state index in [4.69, 9.17) is 0 Å². The Hall–Kier alpha value is -2.90. The van der Waals surface area contributed by atoms with Gasteiger partial charge in [-0.3, -0.25) is 0 Å². The van der Waals surface area contributed by atoms with Gasteiger partial charge in [0, 0.05) is 0 Å². The van der Waals surface area contributed by atoms with Gasteiger partial charge < -0.3 is 5.11 Å². The van der Waals surface area contributed by atoms with E-state index in [1.54, 1.807) is 0 Å². The van der Waals surface area contributed by atoms with Gasteiger partial charge in [0.1, 0.15) is 0 Å². The molecule has 1 aliphatic carbocycles. The summed E-state index contributed by atoms with van der Waals surface area (Å²) in [7, 11) is 0. The molecule has 0 radical (unpaired) electrons. The van der Waals surface area contributed by atoms with Crippen molar-refractivity contribution in [1.82, 2.24) is 0 Å². The van der Waals surface area contributed by atoms with Crippen molar-refractivity contribution in [3.63, 3.8) is 0 Å². The lowest BCUT2D eigenvalue weighted by molar-refractivity contribution is 0.0104. The summed E-state index contributed by atoms with van der Waals surface area (Å²) in [6.07, 6.45) is 36.3. The third-order valence-electron chi connectivity index (χ3n) is 7.85. The Labute approximate surface area is 253 Å². The van der Waals surface area contributed by atoms with E-state index in [-0.39, 0.29) is 0 Å². The van der Waals surface area contributed by atoms with Gasteiger partial charge in [0.05, 0.1) is 5.60 Å². The predicted octanol–water partition coefficient (Wildman–Crippen LogP) is 11.8. The SMILES string of the molecule is C=C(C)[C@@H]1CC[C@@](C)(O)[C@H]1CCC(C)=CC=CC(C)=CC=CC=C(C)C=CC=C(C)C=CC=C(C)CCC=C(C)C. The molecule has 0 aliphatic heterocycles. The van der Waals surface area contributed by atoms with Crippen molar-refractivity contribution in [2.24, 2.45) is 11.8 Å². The molecular weight excluding hydrogens is 496 g/mol. The Bertz CT molecular complexity index is 1140. The molecule has 1 aliphatic rings. The first-order chi connectivity index (χ1) is 19.3. The van der Waals surface area contributed by atoms with Gasteiger partial charge in [0.2, 0.25) is 0 Å². The standard InChI is InChI=1S/C40H58O/c1-31(2)17-13-20-35(7)23-15-25-36(8)24-14-21-33(5)18-11-12-19-34(6)22-16-26-37(9)27-28-39-38(32(3)4)29-30-40(39,10)41/h11-12,14-19,21-26,38-39,41H,3,13,20,27-30H2,1-2,4-10H3/t38-,39-,40+/m0/s1. The Balaban J connectivity index is 2.53.